The largest absolute Gasteiger partial charge is 0.323 e. The molecule has 0 radical (unpaired) electrons. The quantitative estimate of drug-likeness (QED) is 0.770. The van der Waals surface area contributed by atoms with Gasteiger partial charge in [0, 0.05) is 27.2 Å². The molecular formula is C13H11BrN2S2. The molecule has 0 saturated carbocycles. The predicted molar refractivity (Wildman–Crippen MR) is 82.3 cm³/mol. The van der Waals surface area contributed by atoms with Crippen molar-refractivity contribution >= 4 is 48.8 Å². The van der Waals surface area contributed by atoms with Gasteiger partial charge in [-0.1, -0.05) is 12.1 Å². The minimum absolute atomic E-state index is 0.0295. The van der Waals surface area contributed by atoms with Crippen LogP contribution in [0.1, 0.15) is 15.9 Å². The predicted octanol–water partition coefficient (Wildman–Crippen LogP) is 4.36. The van der Waals surface area contributed by atoms with Gasteiger partial charge in [-0.15, -0.1) is 22.7 Å². The van der Waals surface area contributed by atoms with E-state index in [9.17, 15) is 0 Å². The third kappa shape index (κ3) is 2.49. The standard InChI is InChI=1S/C13H11BrN2S2/c14-8-5-12(17-7-8)9(15)6-13-16-10-3-1-2-4-11(10)18-13/h1-5,7,9H,6,15H2. The molecule has 2 heterocycles. The van der Waals surface area contributed by atoms with Gasteiger partial charge in [0.25, 0.3) is 0 Å². The highest BCUT2D eigenvalue weighted by molar-refractivity contribution is 9.10. The van der Waals surface area contributed by atoms with Crippen LogP contribution in [0, 0.1) is 0 Å². The molecule has 3 rings (SSSR count). The number of halogens is 1. The summed E-state index contributed by atoms with van der Waals surface area (Å²) in [5.41, 5.74) is 7.29. The van der Waals surface area contributed by atoms with Gasteiger partial charge in [0.15, 0.2) is 0 Å². The van der Waals surface area contributed by atoms with E-state index >= 15 is 0 Å². The summed E-state index contributed by atoms with van der Waals surface area (Å²) in [7, 11) is 0. The maximum absolute atomic E-state index is 6.22. The number of hydrogen-bond acceptors (Lipinski definition) is 4. The number of hydrogen-bond donors (Lipinski definition) is 1. The molecule has 1 unspecified atom stereocenters. The molecule has 2 nitrogen and oxygen atoms in total. The van der Waals surface area contributed by atoms with Gasteiger partial charge in [-0.2, -0.15) is 0 Å². The van der Waals surface area contributed by atoms with Crippen LogP contribution in [0.4, 0.5) is 0 Å². The van der Waals surface area contributed by atoms with Crippen molar-refractivity contribution in [2.45, 2.75) is 12.5 Å². The van der Waals surface area contributed by atoms with Gasteiger partial charge in [0.1, 0.15) is 0 Å². The van der Waals surface area contributed by atoms with Crippen LogP contribution in [0.5, 0.6) is 0 Å². The Morgan fingerprint density at radius 1 is 1.33 bits per heavy atom. The molecule has 2 N–H and O–H groups in total. The number of nitrogens with zero attached hydrogens (tertiary/aromatic N) is 1. The van der Waals surface area contributed by atoms with Crippen molar-refractivity contribution in [3.05, 3.63) is 50.1 Å². The molecule has 3 aromatic rings. The summed E-state index contributed by atoms with van der Waals surface area (Å²) < 4.78 is 2.33. The van der Waals surface area contributed by atoms with Crippen LogP contribution in [0.25, 0.3) is 10.2 Å². The van der Waals surface area contributed by atoms with Gasteiger partial charge >= 0.3 is 0 Å². The van der Waals surface area contributed by atoms with Crippen molar-refractivity contribution in [3.63, 3.8) is 0 Å². The third-order valence-corrected chi connectivity index (χ3v) is 5.57. The second kappa shape index (κ2) is 5.09. The third-order valence-electron chi connectivity index (χ3n) is 2.69. The van der Waals surface area contributed by atoms with E-state index in [1.165, 1.54) is 9.58 Å². The molecule has 92 valence electrons. The summed E-state index contributed by atoms with van der Waals surface area (Å²) in [6, 6.07) is 10.3. The van der Waals surface area contributed by atoms with Crippen molar-refractivity contribution in [3.8, 4) is 0 Å². The lowest BCUT2D eigenvalue weighted by Crippen LogP contribution is -2.11. The Balaban J connectivity index is 1.83. The van der Waals surface area contributed by atoms with Crippen molar-refractivity contribution in [2.75, 3.05) is 0 Å². The van der Waals surface area contributed by atoms with Crippen LogP contribution in [0.3, 0.4) is 0 Å². The van der Waals surface area contributed by atoms with Gasteiger partial charge in [0.2, 0.25) is 0 Å². The lowest BCUT2D eigenvalue weighted by molar-refractivity contribution is 0.733. The first-order chi connectivity index (χ1) is 8.72. The average molecular weight is 339 g/mol. The van der Waals surface area contributed by atoms with Crippen molar-refractivity contribution in [2.24, 2.45) is 5.73 Å². The summed E-state index contributed by atoms with van der Waals surface area (Å²) >= 11 is 6.87. The Morgan fingerprint density at radius 2 is 2.17 bits per heavy atom. The van der Waals surface area contributed by atoms with Crippen LogP contribution in [0.15, 0.2) is 40.2 Å². The molecule has 0 aliphatic rings. The van der Waals surface area contributed by atoms with Gasteiger partial charge in [-0.25, -0.2) is 4.98 Å². The zero-order chi connectivity index (χ0) is 12.5. The number of rotatable bonds is 3. The van der Waals surface area contributed by atoms with Crippen molar-refractivity contribution in [1.82, 2.24) is 4.98 Å². The van der Waals surface area contributed by atoms with E-state index in [1.54, 1.807) is 22.7 Å². The minimum Gasteiger partial charge on any atom is -0.323 e. The highest BCUT2D eigenvalue weighted by Gasteiger charge is 2.12. The Labute approximate surface area is 122 Å². The number of para-hydroxylation sites is 1. The van der Waals surface area contributed by atoms with E-state index in [2.05, 4.69) is 38.4 Å². The first-order valence-corrected chi connectivity index (χ1v) is 8.05. The fraction of sp³-hybridized carbons (Fsp3) is 0.154. The Hall–Kier alpha value is -0.750. The average Bonchev–Trinajstić information content (AvgIpc) is 2.94. The number of thiophene rings is 1. The molecule has 1 aromatic carbocycles. The summed E-state index contributed by atoms with van der Waals surface area (Å²) in [5, 5.41) is 3.17. The summed E-state index contributed by atoms with van der Waals surface area (Å²) in [5.74, 6) is 0. The van der Waals surface area contributed by atoms with Gasteiger partial charge in [0.05, 0.1) is 15.2 Å². The fourth-order valence-electron chi connectivity index (χ4n) is 1.82. The maximum Gasteiger partial charge on any atom is 0.0957 e. The van der Waals surface area contributed by atoms with Crippen molar-refractivity contribution < 1.29 is 0 Å². The van der Waals surface area contributed by atoms with E-state index in [4.69, 9.17) is 5.73 Å². The second-order valence-corrected chi connectivity index (χ2v) is 7.03. The van der Waals surface area contributed by atoms with Gasteiger partial charge in [-0.05, 0) is 34.1 Å². The number of thiazole rings is 1. The number of aromatic nitrogens is 1. The molecule has 0 aliphatic carbocycles. The minimum atomic E-state index is 0.0295. The van der Waals surface area contributed by atoms with E-state index in [-0.39, 0.29) is 6.04 Å². The van der Waals surface area contributed by atoms with Gasteiger partial charge in [-0.3, -0.25) is 0 Å². The lowest BCUT2D eigenvalue weighted by Gasteiger charge is -2.06. The topological polar surface area (TPSA) is 38.9 Å². The fourth-order valence-corrected chi connectivity index (χ4v) is 4.29. The van der Waals surface area contributed by atoms with E-state index < -0.39 is 0 Å². The van der Waals surface area contributed by atoms with E-state index in [0.29, 0.717) is 0 Å². The van der Waals surface area contributed by atoms with Crippen LogP contribution >= 0.6 is 38.6 Å². The molecular weight excluding hydrogens is 328 g/mol. The number of fused-ring (bicyclic) bond motifs is 1. The molecule has 0 amide bonds. The zero-order valence-electron chi connectivity index (χ0n) is 9.47. The SMILES string of the molecule is NC(Cc1nc2ccccc2s1)c1cc(Br)cs1. The number of nitrogens with two attached hydrogens (primary N) is 1. The molecule has 0 aliphatic heterocycles. The monoisotopic (exact) mass is 338 g/mol. The highest BCUT2D eigenvalue weighted by atomic mass is 79.9. The molecule has 0 spiro atoms. The Kier molecular flexibility index (Phi) is 3.48. The molecule has 0 fully saturated rings. The highest BCUT2D eigenvalue weighted by Crippen LogP contribution is 2.29. The molecule has 2 aromatic heterocycles. The molecule has 5 heteroatoms. The molecule has 0 saturated heterocycles. The maximum atomic E-state index is 6.22. The Bertz CT molecular complexity index is 641. The zero-order valence-corrected chi connectivity index (χ0v) is 12.7. The smallest absolute Gasteiger partial charge is 0.0957 e. The first-order valence-electron chi connectivity index (χ1n) is 5.56. The van der Waals surface area contributed by atoms with Crippen LogP contribution in [-0.4, -0.2) is 4.98 Å². The normalized spacial score (nSPS) is 13.0. The number of benzene rings is 1. The van der Waals surface area contributed by atoms with E-state index in [1.807, 2.05) is 18.2 Å². The second-order valence-electron chi connectivity index (χ2n) is 4.05. The molecule has 18 heavy (non-hydrogen) atoms. The van der Waals surface area contributed by atoms with Crippen LogP contribution < -0.4 is 5.73 Å². The first kappa shape index (κ1) is 12.3. The Morgan fingerprint density at radius 3 is 2.89 bits per heavy atom. The lowest BCUT2D eigenvalue weighted by atomic mass is 10.2. The molecule has 1 atom stereocenters. The van der Waals surface area contributed by atoms with E-state index in [0.717, 1.165) is 21.4 Å². The van der Waals surface area contributed by atoms with Gasteiger partial charge < -0.3 is 5.73 Å². The van der Waals surface area contributed by atoms with Crippen molar-refractivity contribution in [1.29, 1.82) is 0 Å². The summed E-state index contributed by atoms with van der Waals surface area (Å²) in [6.45, 7) is 0. The van der Waals surface area contributed by atoms with Crippen LogP contribution in [0.2, 0.25) is 0 Å². The summed E-state index contributed by atoms with van der Waals surface area (Å²) in [4.78, 5) is 5.81. The summed E-state index contributed by atoms with van der Waals surface area (Å²) in [6.07, 6.45) is 0.798. The van der Waals surface area contributed by atoms with Crippen LogP contribution in [-0.2, 0) is 6.42 Å². The molecule has 0 bridgehead atoms.